The van der Waals surface area contributed by atoms with Crippen molar-refractivity contribution in [1.29, 1.82) is 0 Å². The molecule has 12 rings (SSSR count). The van der Waals surface area contributed by atoms with E-state index in [0.717, 1.165) is 22.1 Å². The monoisotopic (exact) mass is 762 g/mol. The van der Waals surface area contributed by atoms with Gasteiger partial charge in [-0.05, 0) is 115 Å². The Morgan fingerprint density at radius 2 is 1.27 bits per heavy atom. The Kier molecular flexibility index (Phi) is 6.76. The lowest BCUT2D eigenvalue weighted by Crippen LogP contribution is -2.60. The number of rotatable bonds is 2. The molecule has 7 aromatic carbocycles. The maximum atomic E-state index is 6.55. The first kappa shape index (κ1) is 34.8. The number of aromatic nitrogens is 1. The van der Waals surface area contributed by atoms with E-state index in [1.54, 1.807) is 0 Å². The number of fused-ring (bicyclic) bond motifs is 12. The second-order valence-corrected chi connectivity index (χ2v) is 19.8. The lowest BCUT2D eigenvalue weighted by molar-refractivity contribution is 0.590. The normalized spacial score (nSPS) is 14.8. The Morgan fingerprint density at radius 1 is 0.542 bits per heavy atom. The number of hydrogen-bond donors (Lipinski definition) is 0. The maximum Gasteiger partial charge on any atom is 0.333 e. The standard InChI is InChI=1S/C55H47BN2O/c1-53(2,3)33-18-21-35(22-19-33)58-47-25-20-34(54(4,5)6)26-40(47)37-23-24-38-41-27-39-36-16-12-13-17-44(36)55(7,8)45(39)29-48(41)57-49-28-42-43(32-14-10-9-11-15-32)31-59-50(42)30-46(49)56(58)51(37)52(38)57/h9-31H,1-8H3. The van der Waals surface area contributed by atoms with Gasteiger partial charge in [-0.2, -0.15) is 0 Å². The summed E-state index contributed by atoms with van der Waals surface area (Å²) in [6, 6.07) is 50.9. The molecule has 286 valence electrons. The van der Waals surface area contributed by atoms with E-state index in [2.05, 4.69) is 198 Å². The number of benzene rings is 7. The van der Waals surface area contributed by atoms with Crippen molar-refractivity contribution in [3.63, 3.8) is 0 Å². The van der Waals surface area contributed by atoms with Crippen LogP contribution in [0.5, 0.6) is 0 Å². The fourth-order valence-corrected chi connectivity index (χ4v) is 10.8. The quantitative estimate of drug-likeness (QED) is 0.164. The molecule has 4 heterocycles. The van der Waals surface area contributed by atoms with Gasteiger partial charge in [0.15, 0.2) is 0 Å². The van der Waals surface area contributed by atoms with Gasteiger partial charge in [0.05, 0.1) is 17.3 Å². The van der Waals surface area contributed by atoms with E-state index < -0.39 is 0 Å². The minimum atomic E-state index is -0.121. The van der Waals surface area contributed by atoms with Crippen molar-refractivity contribution in [2.75, 3.05) is 4.81 Å². The van der Waals surface area contributed by atoms with Crippen molar-refractivity contribution in [3.8, 4) is 39.1 Å². The summed E-state index contributed by atoms with van der Waals surface area (Å²) in [5.41, 5.74) is 22.7. The van der Waals surface area contributed by atoms with E-state index >= 15 is 0 Å². The number of hydrogen-bond acceptors (Lipinski definition) is 2. The zero-order valence-corrected chi connectivity index (χ0v) is 35.2. The lowest BCUT2D eigenvalue weighted by atomic mass is 9.44. The molecule has 0 radical (unpaired) electrons. The zero-order chi connectivity index (χ0) is 40.3. The van der Waals surface area contributed by atoms with Crippen LogP contribution in [0.15, 0.2) is 144 Å². The Hall–Kier alpha value is -6.26. The highest BCUT2D eigenvalue weighted by Crippen LogP contribution is 2.52. The molecule has 0 spiro atoms. The highest BCUT2D eigenvalue weighted by Gasteiger charge is 2.45. The van der Waals surface area contributed by atoms with Crippen LogP contribution in [-0.2, 0) is 16.2 Å². The average molecular weight is 763 g/mol. The number of nitrogens with zero attached hydrogens (tertiary/aromatic N) is 2. The van der Waals surface area contributed by atoms with Crippen molar-refractivity contribution in [2.45, 2.75) is 71.6 Å². The molecule has 4 heteroatoms. The predicted octanol–water partition coefficient (Wildman–Crippen LogP) is 13.3. The number of anilines is 2. The Bertz CT molecular complexity index is 3260. The Balaban J connectivity index is 1.23. The molecule has 0 fully saturated rings. The summed E-state index contributed by atoms with van der Waals surface area (Å²) in [6.07, 6.45) is 1.95. The molecule has 3 aliphatic rings. The van der Waals surface area contributed by atoms with Crippen molar-refractivity contribution < 1.29 is 4.42 Å². The van der Waals surface area contributed by atoms with E-state index in [4.69, 9.17) is 4.42 Å². The molecule has 0 amide bonds. The minimum Gasteiger partial charge on any atom is -0.464 e. The molecule has 0 unspecified atom stereocenters. The SMILES string of the molecule is CC(C)(C)c1ccc(N2B3c4cc5occ(-c6ccccc6)c5cc4-n4c5cc6c(cc5c5ccc(c3c54)-c3cc(C(C)(C)C)ccc32)-c2ccccc2C6(C)C)cc1. The molecule has 0 bridgehead atoms. The smallest absolute Gasteiger partial charge is 0.333 e. The van der Waals surface area contributed by atoms with Crippen LogP contribution in [0.3, 0.4) is 0 Å². The molecule has 1 aliphatic carbocycles. The third kappa shape index (κ3) is 4.66. The first-order valence-electron chi connectivity index (χ1n) is 21.2. The minimum absolute atomic E-state index is 0.00108. The Morgan fingerprint density at radius 3 is 2.03 bits per heavy atom. The van der Waals surface area contributed by atoms with Gasteiger partial charge in [-0.1, -0.05) is 140 Å². The fraction of sp³-hybridized carbons (Fsp3) is 0.200. The molecule has 0 saturated heterocycles. The van der Waals surface area contributed by atoms with Crippen molar-refractivity contribution in [1.82, 2.24) is 4.57 Å². The second-order valence-electron chi connectivity index (χ2n) is 19.8. The van der Waals surface area contributed by atoms with E-state index in [1.807, 2.05) is 6.26 Å². The molecule has 9 aromatic rings. The van der Waals surface area contributed by atoms with E-state index in [9.17, 15) is 0 Å². The molecule has 0 N–H and O–H groups in total. The first-order valence-corrected chi connectivity index (χ1v) is 21.2. The van der Waals surface area contributed by atoms with Crippen LogP contribution in [0, 0.1) is 0 Å². The van der Waals surface area contributed by atoms with Crippen LogP contribution in [0.4, 0.5) is 11.4 Å². The largest absolute Gasteiger partial charge is 0.464 e. The highest BCUT2D eigenvalue weighted by molar-refractivity contribution is 6.93. The maximum absolute atomic E-state index is 6.55. The zero-order valence-electron chi connectivity index (χ0n) is 35.2. The van der Waals surface area contributed by atoms with Gasteiger partial charge in [0.1, 0.15) is 5.58 Å². The van der Waals surface area contributed by atoms with Crippen molar-refractivity contribution in [2.24, 2.45) is 0 Å². The second kappa shape index (κ2) is 11.5. The molecule has 0 saturated carbocycles. The van der Waals surface area contributed by atoms with Crippen LogP contribution in [0.2, 0.25) is 0 Å². The molecule has 59 heavy (non-hydrogen) atoms. The van der Waals surface area contributed by atoms with Gasteiger partial charge in [-0.15, -0.1) is 0 Å². The summed E-state index contributed by atoms with van der Waals surface area (Å²) in [6.45, 7) is 18.5. The summed E-state index contributed by atoms with van der Waals surface area (Å²) in [5, 5.41) is 3.73. The lowest BCUT2D eigenvalue weighted by Gasteiger charge is -2.42. The predicted molar refractivity (Wildman–Crippen MR) is 250 cm³/mol. The van der Waals surface area contributed by atoms with Crippen LogP contribution in [0.1, 0.15) is 77.6 Å². The van der Waals surface area contributed by atoms with Crippen LogP contribution >= 0.6 is 0 Å². The highest BCUT2D eigenvalue weighted by atomic mass is 16.3. The van der Waals surface area contributed by atoms with Gasteiger partial charge in [0, 0.05) is 49.8 Å². The van der Waals surface area contributed by atoms with Gasteiger partial charge in [0.25, 0.3) is 0 Å². The topological polar surface area (TPSA) is 21.3 Å². The molecule has 2 aliphatic heterocycles. The van der Waals surface area contributed by atoms with Gasteiger partial charge < -0.3 is 13.8 Å². The van der Waals surface area contributed by atoms with E-state index in [1.165, 1.54) is 94.3 Å². The summed E-state index contributed by atoms with van der Waals surface area (Å²) < 4.78 is 9.17. The summed E-state index contributed by atoms with van der Waals surface area (Å²) in [7, 11) is 0. The molecular formula is C55H47BN2O. The van der Waals surface area contributed by atoms with Gasteiger partial charge in [0.2, 0.25) is 0 Å². The summed E-state index contributed by atoms with van der Waals surface area (Å²) >= 11 is 0. The van der Waals surface area contributed by atoms with Gasteiger partial charge in [-0.25, -0.2) is 0 Å². The summed E-state index contributed by atoms with van der Waals surface area (Å²) in [5.74, 6) is 0. The van der Waals surface area contributed by atoms with Gasteiger partial charge >= 0.3 is 6.85 Å². The van der Waals surface area contributed by atoms with E-state index in [-0.39, 0.29) is 23.1 Å². The third-order valence-electron chi connectivity index (χ3n) is 14.0. The third-order valence-corrected chi connectivity index (χ3v) is 14.0. The van der Waals surface area contributed by atoms with Crippen molar-refractivity contribution in [3.05, 3.63) is 162 Å². The molecule has 0 atom stereocenters. The van der Waals surface area contributed by atoms with Crippen LogP contribution in [-0.4, -0.2) is 11.4 Å². The molecule has 2 aromatic heterocycles. The number of furan rings is 1. The van der Waals surface area contributed by atoms with Crippen LogP contribution < -0.4 is 15.7 Å². The van der Waals surface area contributed by atoms with E-state index in [0.29, 0.717) is 0 Å². The van der Waals surface area contributed by atoms with Gasteiger partial charge in [-0.3, -0.25) is 0 Å². The van der Waals surface area contributed by atoms with Crippen molar-refractivity contribution >= 4 is 61.9 Å². The van der Waals surface area contributed by atoms with Crippen LogP contribution in [0.25, 0.3) is 71.8 Å². The molecular weight excluding hydrogens is 715 g/mol. The average Bonchev–Trinajstić information content (AvgIpc) is 3.86. The fourth-order valence-electron chi connectivity index (χ4n) is 10.8. The first-order chi connectivity index (χ1) is 28.3. The Labute approximate surface area is 347 Å². The summed E-state index contributed by atoms with van der Waals surface area (Å²) in [4.78, 5) is 2.63. The molecule has 3 nitrogen and oxygen atoms in total.